The molecule has 0 saturated carbocycles. The van der Waals surface area contributed by atoms with Crippen LogP contribution in [0.25, 0.3) is 0 Å². The minimum Gasteiger partial charge on any atom is -0.793 e. The Morgan fingerprint density at radius 2 is 0.935 bits per heavy atom. The molecule has 4 amide bonds. The van der Waals surface area contributed by atoms with Crippen molar-refractivity contribution in [3.05, 3.63) is 142 Å². The number of alkyl halides is 3. The standard InChI is InChI=1S/C34H42N2O6.C28H30N2O6.C5H11NO.C4H6O4.C2H3BO2.C2H4O2.CHCl3.Na/c1-33(23-40-24-33)20-7-8-25-10-12-26(13-11-25)14-15-27-16-18-28(19-17-27)31(38)36(4)34(2,32(39)35-3)29(37)22-42-30-9-5-6-21-41-30;1-28(27(34)29-2,24(32)19-36-25-6-4-5-17-35-25)30(3)26(33)23-15-13-21(14-16-23)8-7-20-9-11-22(18-31)12-10-20;1-5(2-6)3-7-4-5;1-3(5)7-8-4(2)6;1-2(4)5-3;1-2(3)4;2-1(3)4;/h10-13,16-19,30H,5-9,20-24H2,1-4H3,(H,35,39);9-16,18,25H,4-6,17,19H2,1-3H3,(H,29,34);2-4,6H2,1H3;1-2H3;1H3;1H3,(H,3,4);1H;/q;;;;-1;;;+1/t30?,34-;25?,28-;;;;;;/m11....../s1. The van der Waals surface area contributed by atoms with E-state index < -0.39 is 87.0 Å². The van der Waals surface area contributed by atoms with Gasteiger partial charge in [0.15, 0.2) is 39.5 Å². The number of aldehydes is 1. The molecule has 4 atom stereocenters. The quantitative estimate of drug-likeness (QED) is 0.0163. The third-order valence-electron chi connectivity index (χ3n) is 16.4. The largest absolute Gasteiger partial charge is 1.00 e. The Labute approximate surface area is 665 Å². The number of carbonyl (C=O) groups excluding carboxylic acids is 10. The van der Waals surface area contributed by atoms with E-state index in [0.29, 0.717) is 59.1 Å². The second-order valence-electron chi connectivity index (χ2n) is 25.4. The summed E-state index contributed by atoms with van der Waals surface area (Å²) in [6.45, 7) is 16.5. The number of amides is 4. The number of ketones is 2. The minimum absolute atomic E-state index is 0. The van der Waals surface area contributed by atoms with Crippen molar-refractivity contribution >= 4 is 108 Å². The topological polar surface area (TPSA) is 348 Å². The van der Waals surface area contributed by atoms with E-state index in [-0.39, 0.29) is 42.8 Å². The molecular weight excluding hydrogens is 1460 g/mol. The zero-order valence-electron chi connectivity index (χ0n) is 63.1. The van der Waals surface area contributed by atoms with Gasteiger partial charge in [-0.15, -0.1) is 0 Å². The van der Waals surface area contributed by atoms with E-state index in [1.165, 1.54) is 65.8 Å². The van der Waals surface area contributed by atoms with Crippen LogP contribution in [0.3, 0.4) is 0 Å². The molecule has 4 heterocycles. The first-order chi connectivity index (χ1) is 50.1. The Hall–Kier alpha value is -7.58. The maximum Gasteiger partial charge on any atom is 1.00 e. The number of benzene rings is 4. The van der Waals surface area contributed by atoms with Crippen LogP contribution < -0.4 is 45.9 Å². The molecule has 4 fully saturated rings. The molecule has 4 saturated heterocycles. The maximum atomic E-state index is 13.4. The molecule has 4 aromatic carbocycles. The van der Waals surface area contributed by atoms with Gasteiger partial charge < -0.3 is 72.4 Å². The number of nitrogens with zero attached hydrogens (tertiary/aromatic N) is 2. The molecule has 5 N–H and O–H groups in total. The third kappa shape index (κ3) is 36.0. The predicted molar refractivity (Wildman–Crippen MR) is 397 cm³/mol. The van der Waals surface area contributed by atoms with Gasteiger partial charge in [-0.1, -0.05) is 96.6 Å². The molecule has 0 bridgehead atoms. The molecule has 0 aromatic heterocycles. The second-order valence-corrected chi connectivity index (χ2v) is 27.4. The number of ether oxygens (including phenoxy) is 6. The summed E-state index contributed by atoms with van der Waals surface area (Å²) >= 11 is 14.4. The minimum atomic E-state index is -1.77. The van der Waals surface area contributed by atoms with Crippen LogP contribution in [0.2, 0.25) is 0 Å². The Balaban J connectivity index is 0.000000784. The molecule has 26 nitrogen and oxygen atoms in total. The molecule has 107 heavy (non-hydrogen) atoms. The summed E-state index contributed by atoms with van der Waals surface area (Å²) in [7, 11) is 10.0. The zero-order valence-corrected chi connectivity index (χ0v) is 67.3. The summed E-state index contributed by atoms with van der Waals surface area (Å²) < 4.78 is 35.4. The van der Waals surface area contributed by atoms with Gasteiger partial charge in [-0.25, -0.2) is 19.4 Å². The van der Waals surface area contributed by atoms with E-state index in [1.54, 1.807) is 72.8 Å². The average molecular weight is 1560 g/mol. The average Bonchev–Trinajstić information content (AvgIpc) is 0.788. The number of likely N-dealkylation sites (N-methyl/N-ethyl adjacent to an activating group) is 4. The van der Waals surface area contributed by atoms with Gasteiger partial charge in [-0.3, -0.25) is 43.2 Å². The summed E-state index contributed by atoms with van der Waals surface area (Å²) in [4.78, 5) is 137. The number of carboxylic acid groups (broad SMARTS) is 1. The Morgan fingerprint density at radius 1 is 0.607 bits per heavy atom. The van der Waals surface area contributed by atoms with E-state index >= 15 is 0 Å². The predicted octanol–water partition coefficient (Wildman–Crippen LogP) is 5.45. The number of nitrogens with one attached hydrogen (secondary N) is 2. The van der Waals surface area contributed by atoms with Gasteiger partial charge in [-0.05, 0) is 150 Å². The van der Waals surface area contributed by atoms with Gasteiger partial charge in [0.2, 0.25) is 5.97 Å². The van der Waals surface area contributed by atoms with E-state index in [2.05, 4.69) is 82.8 Å². The number of carbonyl (C=O) groups is 11. The van der Waals surface area contributed by atoms with Crippen LogP contribution in [-0.4, -0.2) is 204 Å². The first-order valence-electron chi connectivity index (χ1n) is 33.7. The number of nitrogens with two attached hydrogens (primary N) is 1. The van der Waals surface area contributed by atoms with Crippen LogP contribution in [0.15, 0.2) is 97.1 Å². The van der Waals surface area contributed by atoms with Crippen LogP contribution in [-0.2, 0) is 87.6 Å². The third-order valence-corrected chi connectivity index (χ3v) is 16.4. The fourth-order valence-electron chi connectivity index (χ4n) is 9.60. The summed E-state index contributed by atoms with van der Waals surface area (Å²) in [5.41, 5.74) is 8.14. The van der Waals surface area contributed by atoms with E-state index in [1.807, 2.05) is 12.1 Å². The van der Waals surface area contributed by atoms with Crippen LogP contribution in [0.5, 0.6) is 0 Å². The molecule has 4 aromatic rings. The van der Waals surface area contributed by atoms with Gasteiger partial charge in [0.1, 0.15) is 19.5 Å². The number of carboxylic acids is 1. The van der Waals surface area contributed by atoms with Crippen molar-refractivity contribution in [3.8, 4) is 23.7 Å². The van der Waals surface area contributed by atoms with Crippen LogP contribution in [0, 0.1) is 34.5 Å². The van der Waals surface area contributed by atoms with Crippen LogP contribution in [0.1, 0.15) is 166 Å². The number of aliphatic carboxylic acids is 1. The molecule has 4 aliphatic rings. The van der Waals surface area contributed by atoms with Crippen molar-refractivity contribution in [3.63, 3.8) is 0 Å². The van der Waals surface area contributed by atoms with E-state index in [0.717, 1.165) is 120 Å². The molecule has 0 aliphatic carbocycles. The fourth-order valence-corrected chi connectivity index (χ4v) is 9.60. The molecule has 0 spiro atoms. The summed E-state index contributed by atoms with van der Waals surface area (Å²) in [6.07, 6.45) is 8.32. The SMILES string of the molecule is CC(=O)O.CC(=O)OOC(C)=O.CC1(CN)COC1.CNC(=O)[C@@](C)(C(=O)COC1CCCCO1)N(C)C(=O)c1ccc(C#Cc2ccc(C=O)cc2)cc1.CNC(=O)[C@@](C)(C(=O)COC1CCCCO1)N(C)C(=O)c1ccc(C#Cc2ccc(CCCC3(C)COC3)cc2)cc1.ClC(Cl)Cl.[B-]OC(C)=O.[Na+]. The van der Waals surface area contributed by atoms with Gasteiger partial charge in [-0.2, -0.15) is 0 Å². The first-order valence-corrected chi connectivity index (χ1v) is 35.0. The first kappa shape index (κ1) is 97.4. The van der Waals surface area contributed by atoms with E-state index in [9.17, 15) is 47.9 Å². The van der Waals surface area contributed by atoms with Crippen molar-refractivity contribution < 1.29 is 130 Å². The number of Topliss-reactive ketones (excluding diaryl/α,β-unsaturated/α-hetero) is 2. The van der Waals surface area contributed by atoms with Gasteiger partial charge in [0.05, 0.1) is 26.4 Å². The molecular formula is C76H97BCl3N5NaO21. The van der Waals surface area contributed by atoms with Crippen LogP contribution in [0.4, 0.5) is 0 Å². The fraction of sp³-hybridized carbons (Fsp3) is 0.487. The second kappa shape index (κ2) is 50.9. The maximum absolute atomic E-state index is 13.4. The normalized spacial score (nSPS) is 16.2. The molecule has 8 rings (SSSR count). The number of rotatable bonds is 20. The van der Waals surface area contributed by atoms with Crippen molar-refractivity contribution in [2.75, 3.05) is 87.6 Å². The molecule has 31 heteroatoms. The smallest absolute Gasteiger partial charge is 0.793 e. The van der Waals surface area contributed by atoms with Crippen molar-refractivity contribution in [2.45, 2.75) is 141 Å². The zero-order chi connectivity index (χ0) is 79.6. The Kier molecular flexibility index (Phi) is 46.4. The van der Waals surface area contributed by atoms with Gasteiger partial charge >= 0.3 is 41.5 Å². The van der Waals surface area contributed by atoms with Gasteiger partial charge in [0.25, 0.3) is 29.6 Å². The summed E-state index contributed by atoms with van der Waals surface area (Å²) in [5, 5.41) is 12.4. The molecule has 3 radical (unpaired) electrons. The summed E-state index contributed by atoms with van der Waals surface area (Å²) in [5.74, 6) is 6.52. The molecule has 577 valence electrons. The van der Waals surface area contributed by atoms with Gasteiger partial charge in [0, 0.05) is 125 Å². The van der Waals surface area contributed by atoms with E-state index in [4.69, 9.17) is 78.9 Å². The Morgan fingerprint density at radius 3 is 1.19 bits per heavy atom. The monoisotopic (exact) mass is 1550 g/mol. The van der Waals surface area contributed by atoms with Crippen molar-refractivity contribution in [1.82, 2.24) is 20.4 Å². The van der Waals surface area contributed by atoms with Crippen molar-refractivity contribution in [2.24, 2.45) is 16.6 Å². The number of hydrogen-bond acceptors (Lipinski definition) is 21. The van der Waals surface area contributed by atoms with Crippen molar-refractivity contribution in [1.29, 1.82) is 0 Å². The number of aryl methyl sites for hydroxylation is 1. The number of halogens is 3. The molecule has 4 aliphatic heterocycles. The Bertz CT molecular complexity index is 3600. The van der Waals surface area contributed by atoms with Crippen LogP contribution >= 0.6 is 34.8 Å². The number of hydrogen-bond donors (Lipinski definition) is 4. The molecule has 2 unspecified atom stereocenters. The summed E-state index contributed by atoms with van der Waals surface area (Å²) in [6, 6.07) is 28.6.